The van der Waals surface area contributed by atoms with Crippen LogP contribution in [0, 0.1) is 0 Å². The number of nitrogens with zero attached hydrogens (tertiary/aromatic N) is 1. The maximum absolute atomic E-state index is 11.7. The van der Waals surface area contributed by atoms with Gasteiger partial charge in [0.25, 0.3) is 0 Å². The third-order valence-electron chi connectivity index (χ3n) is 2.96. The van der Waals surface area contributed by atoms with E-state index in [1.165, 1.54) is 0 Å². The fourth-order valence-electron chi connectivity index (χ4n) is 2.18. The van der Waals surface area contributed by atoms with Gasteiger partial charge >= 0.3 is 0 Å². The molecule has 1 atom stereocenters. The standard InChI is InChI=1S/C14H23N3O/c1-14(2,3)11-7-6-9(15)8-10(11)12(13(16)18)17(4)5/h6-8,12H,15H2,1-5H3,(H2,16,18). The first kappa shape index (κ1) is 14.5. The van der Waals surface area contributed by atoms with Crippen molar-refractivity contribution < 1.29 is 4.79 Å². The third kappa shape index (κ3) is 3.01. The number of hydrogen-bond donors (Lipinski definition) is 2. The number of carbonyl (C=O) groups excluding carboxylic acids is 1. The molecule has 0 heterocycles. The van der Waals surface area contributed by atoms with E-state index in [-0.39, 0.29) is 11.3 Å². The maximum atomic E-state index is 11.7. The van der Waals surface area contributed by atoms with Gasteiger partial charge in [-0.3, -0.25) is 9.69 Å². The van der Waals surface area contributed by atoms with Gasteiger partial charge < -0.3 is 11.5 Å². The lowest BCUT2D eigenvalue weighted by molar-refractivity contribution is -0.122. The molecule has 1 amide bonds. The van der Waals surface area contributed by atoms with Crippen LogP contribution in [0.2, 0.25) is 0 Å². The molecule has 1 aromatic rings. The van der Waals surface area contributed by atoms with Crippen LogP contribution in [0.1, 0.15) is 37.9 Å². The summed E-state index contributed by atoms with van der Waals surface area (Å²) in [6.45, 7) is 6.32. The van der Waals surface area contributed by atoms with Gasteiger partial charge in [0, 0.05) is 5.69 Å². The zero-order valence-corrected chi connectivity index (χ0v) is 11.8. The first-order valence-corrected chi connectivity index (χ1v) is 6.00. The Balaban J connectivity index is 3.45. The zero-order chi connectivity index (χ0) is 14.1. The molecule has 0 aliphatic carbocycles. The minimum atomic E-state index is -0.456. The van der Waals surface area contributed by atoms with E-state index in [9.17, 15) is 4.79 Å². The molecule has 1 unspecified atom stereocenters. The van der Waals surface area contributed by atoms with Gasteiger partial charge in [-0.25, -0.2) is 0 Å². The second kappa shape index (κ2) is 4.98. The van der Waals surface area contributed by atoms with Crippen molar-refractivity contribution in [3.63, 3.8) is 0 Å². The van der Waals surface area contributed by atoms with Crippen molar-refractivity contribution >= 4 is 11.6 Å². The van der Waals surface area contributed by atoms with Gasteiger partial charge in [0.15, 0.2) is 0 Å². The number of primary amides is 1. The smallest absolute Gasteiger partial charge is 0.239 e. The van der Waals surface area contributed by atoms with E-state index < -0.39 is 6.04 Å². The number of carbonyl (C=O) groups is 1. The first-order chi connectivity index (χ1) is 8.14. The van der Waals surface area contributed by atoms with Crippen molar-refractivity contribution in [2.45, 2.75) is 32.2 Å². The van der Waals surface area contributed by atoms with E-state index in [0.29, 0.717) is 5.69 Å². The highest BCUT2D eigenvalue weighted by Gasteiger charge is 2.27. The van der Waals surface area contributed by atoms with E-state index in [4.69, 9.17) is 11.5 Å². The summed E-state index contributed by atoms with van der Waals surface area (Å²) in [5.41, 5.74) is 13.9. The van der Waals surface area contributed by atoms with Crippen molar-refractivity contribution in [2.75, 3.05) is 19.8 Å². The second-order valence-corrected chi connectivity index (χ2v) is 5.87. The highest BCUT2D eigenvalue weighted by atomic mass is 16.1. The average molecular weight is 249 g/mol. The number of benzene rings is 1. The normalized spacial score (nSPS) is 13.7. The quantitative estimate of drug-likeness (QED) is 0.800. The molecule has 0 bridgehead atoms. The fraction of sp³-hybridized carbons (Fsp3) is 0.500. The van der Waals surface area contributed by atoms with Crippen LogP contribution >= 0.6 is 0 Å². The topological polar surface area (TPSA) is 72.3 Å². The molecule has 100 valence electrons. The minimum Gasteiger partial charge on any atom is -0.399 e. The molecular formula is C14H23N3O. The van der Waals surface area contributed by atoms with E-state index in [0.717, 1.165) is 11.1 Å². The third-order valence-corrected chi connectivity index (χ3v) is 2.96. The van der Waals surface area contributed by atoms with Crippen molar-refractivity contribution in [1.82, 2.24) is 4.90 Å². The Morgan fingerprint density at radius 2 is 1.83 bits per heavy atom. The molecular weight excluding hydrogens is 226 g/mol. The molecule has 1 aromatic carbocycles. The lowest BCUT2D eigenvalue weighted by Crippen LogP contribution is -2.34. The van der Waals surface area contributed by atoms with Crippen LogP contribution < -0.4 is 11.5 Å². The minimum absolute atomic E-state index is 0.0628. The summed E-state index contributed by atoms with van der Waals surface area (Å²) < 4.78 is 0. The molecule has 0 spiro atoms. The molecule has 0 saturated carbocycles. The van der Waals surface area contributed by atoms with E-state index in [2.05, 4.69) is 20.8 Å². The predicted molar refractivity (Wildman–Crippen MR) is 75.2 cm³/mol. The lowest BCUT2D eigenvalue weighted by atomic mass is 9.81. The second-order valence-electron chi connectivity index (χ2n) is 5.87. The van der Waals surface area contributed by atoms with E-state index >= 15 is 0 Å². The number of hydrogen-bond acceptors (Lipinski definition) is 3. The van der Waals surface area contributed by atoms with Crippen molar-refractivity contribution in [1.29, 1.82) is 0 Å². The molecule has 18 heavy (non-hydrogen) atoms. The Hall–Kier alpha value is -1.55. The van der Waals surface area contributed by atoms with Crippen LogP contribution in [0.25, 0.3) is 0 Å². The van der Waals surface area contributed by atoms with Crippen LogP contribution in [0.5, 0.6) is 0 Å². The zero-order valence-electron chi connectivity index (χ0n) is 11.8. The molecule has 4 N–H and O–H groups in total. The number of nitrogen functional groups attached to an aromatic ring is 1. The van der Waals surface area contributed by atoms with Crippen molar-refractivity contribution in [3.8, 4) is 0 Å². The van der Waals surface area contributed by atoms with Gasteiger partial charge in [-0.2, -0.15) is 0 Å². The Morgan fingerprint density at radius 3 is 2.22 bits per heavy atom. The van der Waals surface area contributed by atoms with Crippen LogP contribution in [0.15, 0.2) is 18.2 Å². The summed E-state index contributed by atoms with van der Waals surface area (Å²) in [6.07, 6.45) is 0. The Bertz CT molecular complexity index is 447. The molecule has 0 aromatic heterocycles. The summed E-state index contributed by atoms with van der Waals surface area (Å²) >= 11 is 0. The highest BCUT2D eigenvalue weighted by molar-refractivity contribution is 5.82. The van der Waals surface area contributed by atoms with Crippen molar-refractivity contribution in [2.24, 2.45) is 5.73 Å². The Morgan fingerprint density at radius 1 is 1.28 bits per heavy atom. The van der Waals surface area contributed by atoms with Gasteiger partial charge in [-0.15, -0.1) is 0 Å². The predicted octanol–water partition coefficient (Wildman–Crippen LogP) is 1.65. The summed E-state index contributed by atoms with van der Waals surface area (Å²) in [5.74, 6) is -0.365. The largest absolute Gasteiger partial charge is 0.399 e. The average Bonchev–Trinajstić information content (AvgIpc) is 2.13. The van der Waals surface area contributed by atoms with Gasteiger partial charge in [0.2, 0.25) is 5.91 Å². The molecule has 0 radical (unpaired) electrons. The van der Waals surface area contributed by atoms with Gasteiger partial charge in [0.05, 0.1) is 0 Å². The molecule has 4 heteroatoms. The summed E-state index contributed by atoms with van der Waals surface area (Å²) in [6, 6.07) is 5.22. The molecule has 0 saturated heterocycles. The maximum Gasteiger partial charge on any atom is 0.239 e. The van der Waals surface area contributed by atoms with Crippen LogP contribution in [-0.4, -0.2) is 24.9 Å². The van der Waals surface area contributed by atoms with Crippen LogP contribution in [0.3, 0.4) is 0 Å². The fourth-order valence-corrected chi connectivity index (χ4v) is 2.18. The number of nitrogens with two attached hydrogens (primary N) is 2. The molecule has 1 rings (SSSR count). The Kier molecular flexibility index (Phi) is 4.02. The van der Waals surface area contributed by atoms with Gasteiger partial charge in [-0.05, 0) is 42.8 Å². The molecule has 0 aliphatic heterocycles. The SMILES string of the molecule is CN(C)C(C(N)=O)c1cc(N)ccc1C(C)(C)C. The number of likely N-dealkylation sites (N-methyl/N-ethyl adjacent to an activating group) is 1. The molecule has 4 nitrogen and oxygen atoms in total. The Labute approximate surface area is 109 Å². The number of rotatable bonds is 3. The summed E-state index contributed by atoms with van der Waals surface area (Å²) in [5, 5.41) is 0. The van der Waals surface area contributed by atoms with Crippen LogP contribution in [-0.2, 0) is 10.2 Å². The first-order valence-electron chi connectivity index (χ1n) is 6.00. The van der Waals surface area contributed by atoms with Gasteiger partial charge in [0.1, 0.15) is 6.04 Å². The van der Waals surface area contributed by atoms with E-state index in [1.54, 1.807) is 0 Å². The number of anilines is 1. The van der Waals surface area contributed by atoms with Crippen LogP contribution in [0.4, 0.5) is 5.69 Å². The molecule has 0 aliphatic rings. The summed E-state index contributed by atoms with van der Waals surface area (Å²) in [7, 11) is 3.68. The molecule has 0 fully saturated rings. The van der Waals surface area contributed by atoms with Gasteiger partial charge in [-0.1, -0.05) is 26.8 Å². The summed E-state index contributed by atoms with van der Waals surface area (Å²) in [4.78, 5) is 13.5. The van der Waals surface area contributed by atoms with Crippen molar-refractivity contribution in [3.05, 3.63) is 29.3 Å². The highest BCUT2D eigenvalue weighted by Crippen LogP contribution is 2.32. The lowest BCUT2D eigenvalue weighted by Gasteiger charge is -2.29. The monoisotopic (exact) mass is 249 g/mol. The van der Waals surface area contributed by atoms with E-state index in [1.807, 2.05) is 37.2 Å². The number of amides is 1.